The fourth-order valence-electron chi connectivity index (χ4n) is 3.33. The normalized spacial score (nSPS) is 16.4. The quantitative estimate of drug-likeness (QED) is 0.788. The number of hydrogen-bond acceptors (Lipinski definition) is 4. The molecule has 1 aliphatic rings. The first kappa shape index (κ1) is 21.1. The number of nitrogens with one attached hydrogen (secondary N) is 1. The molecule has 1 fully saturated rings. The number of rotatable bonds is 6. The Morgan fingerprint density at radius 2 is 1.93 bits per heavy atom. The maximum Gasteiger partial charge on any atom is 0.241 e. The molecule has 0 aromatic heterocycles. The Hall–Kier alpha value is -2.65. The molecule has 1 heterocycles. The summed E-state index contributed by atoms with van der Waals surface area (Å²) in [4.78, 5) is 17.2. The second-order valence-corrected chi connectivity index (χ2v) is 7.53. The van der Waals surface area contributed by atoms with E-state index in [1.54, 1.807) is 18.2 Å². The Bertz CT molecular complexity index is 899. The van der Waals surface area contributed by atoms with Crippen LogP contribution in [-0.2, 0) is 4.79 Å². The second kappa shape index (κ2) is 10.2. The third-order valence-electron chi connectivity index (χ3n) is 5.16. The molecule has 2 aromatic carbocycles. The summed E-state index contributed by atoms with van der Waals surface area (Å²) in [7, 11) is 0. The molecule has 0 saturated carbocycles. The number of carbonyl (C=O) groups excluding carboxylic acids is 1. The van der Waals surface area contributed by atoms with E-state index in [1.165, 1.54) is 5.56 Å². The SMILES string of the molecule is C[C@@H](C(=O)Nc1ccc(C#N)c(Cl)c1)N1CCN(C/C=C/c2ccccc2)CC1. The van der Waals surface area contributed by atoms with Gasteiger partial charge in [-0.1, -0.05) is 54.1 Å². The number of benzene rings is 2. The van der Waals surface area contributed by atoms with Gasteiger partial charge >= 0.3 is 0 Å². The zero-order valence-electron chi connectivity index (χ0n) is 16.5. The predicted molar refractivity (Wildman–Crippen MR) is 118 cm³/mol. The molecule has 0 aliphatic carbocycles. The first-order chi connectivity index (χ1) is 14.1. The van der Waals surface area contributed by atoms with Crippen LogP contribution in [0, 0.1) is 11.3 Å². The van der Waals surface area contributed by atoms with E-state index in [2.05, 4.69) is 39.4 Å². The molecule has 3 rings (SSSR count). The molecule has 1 saturated heterocycles. The fourth-order valence-corrected chi connectivity index (χ4v) is 3.55. The number of hydrogen-bond donors (Lipinski definition) is 1. The Morgan fingerprint density at radius 1 is 1.21 bits per heavy atom. The van der Waals surface area contributed by atoms with Crippen LogP contribution < -0.4 is 5.32 Å². The lowest BCUT2D eigenvalue weighted by Gasteiger charge is -2.37. The van der Waals surface area contributed by atoms with Gasteiger partial charge in [0.2, 0.25) is 5.91 Å². The van der Waals surface area contributed by atoms with Gasteiger partial charge in [0.15, 0.2) is 0 Å². The zero-order valence-corrected chi connectivity index (χ0v) is 17.3. The van der Waals surface area contributed by atoms with Gasteiger partial charge in [0, 0.05) is 38.4 Å². The lowest BCUT2D eigenvalue weighted by atomic mass is 10.2. The van der Waals surface area contributed by atoms with Gasteiger partial charge in [-0.05, 0) is 30.7 Å². The first-order valence-corrected chi connectivity index (χ1v) is 10.1. The standard InChI is InChI=1S/C23H25ClN4O/c1-18(23(29)26-21-10-9-20(17-25)22(24)16-21)28-14-12-27(13-15-28)11-5-8-19-6-3-2-4-7-19/h2-10,16,18H,11-15H2,1H3,(H,26,29)/b8-5+/t18-/m0/s1. The van der Waals surface area contributed by atoms with E-state index in [-0.39, 0.29) is 11.9 Å². The zero-order chi connectivity index (χ0) is 20.6. The lowest BCUT2D eigenvalue weighted by Crippen LogP contribution is -2.52. The van der Waals surface area contributed by atoms with Crippen molar-refractivity contribution in [1.82, 2.24) is 9.80 Å². The van der Waals surface area contributed by atoms with Crippen molar-refractivity contribution in [3.05, 3.63) is 70.8 Å². The summed E-state index contributed by atoms with van der Waals surface area (Å²) in [6.07, 6.45) is 4.33. The summed E-state index contributed by atoms with van der Waals surface area (Å²) in [5, 5.41) is 12.2. The Labute approximate surface area is 177 Å². The maximum atomic E-state index is 12.6. The van der Waals surface area contributed by atoms with Crippen LogP contribution in [0.5, 0.6) is 0 Å². The molecule has 1 N–H and O–H groups in total. The van der Waals surface area contributed by atoms with Gasteiger partial charge in [0.25, 0.3) is 0 Å². The minimum absolute atomic E-state index is 0.0665. The summed E-state index contributed by atoms with van der Waals surface area (Å²) >= 11 is 6.04. The number of halogens is 1. The summed E-state index contributed by atoms with van der Waals surface area (Å²) in [6.45, 7) is 6.39. The Morgan fingerprint density at radius 3 is 2.59 bits per heavy atom. The molecule has 1 atom stereocenters. The molecule has 0 radical (unpaired) electrons. The van der Waals surface area contributed by atoms with E-state index in [0.717, 1.165) is 32.7 Å². The van der Waals surface area contributed by atoms with Crippen LogP contribution in [0.4, 0.5) is 5.69 Å². The van der Waals surface area contributed by atoms with Crippen LogP contribution in [0.1, 0.15) is 18.1 Å². The summed E-state index contributed by atoms with van der Waals surface area (Å²) in [5.74, 6) is -0.0665. The Kier molecular flexibility index (Phi) is 7.42. The molecule has 1 amide bonds. The van der Waals surface area contributed by atoms with E-state index < -0.39 is 0 Å². The monoisotopic (exact) mass is 408 g/mol. The van der Waals surface area contributed by atoms with E-state index in [4.69, 9.17) is 16.9 Å². The van der Waals surface area contributed by atoms with Crippen molar-refractivity contribution < 1.29 is 4.79 Å². The van der Waals surface area contributed by atoms with Crippen molar-refractivity contribution in [1.29, 1.82) is 5.26 Å². The lowest BCUT2D eigenvalue weighted by molar-refractivity contribution is -0.121. The highest BCUT2D eigenvalue weighted by Gasteiger charge is 2.25. The van der Waals surface area contributed by atoms with Crippen LogP contribution >= 0.6 is 11.6 Å². The number of carbonyl (C=O) groups is 1. The topological polar surface area (TPSA) is 59.4 Å². The van der Waals surface area contributed by atoms with Crippen LogP contribution in [0.2, 0.25) is 5.02 Å². The molecule has 0 bridgehead atoms. The highest BCUT2D eigenvalue weighted by molar-refractivity contribution is 6.32. The van der Waals surface area contributed by atoms with Gasteiger partial charge in [-0.25, -0.2) is 0 Å². The summed E-state index contributed by atoms with van der Waals surface area (Å²) < 4.78 is 0. The number of amides is 1. The minimum atomic E-state index is -0.230. The number of nitrogens with zero attached hydrogens (tertiary/aromatic N) is 3. The third kappa shape index (κ3) is 5.91. The van der Waals surface area contributed by atoms with E-state index in [9.17, 15) is 4.79 Å². The van der Waals surface area contributed by atoms with E-state index in [0.29, 0.717) is 16.3 Å². The average Bonchev–Trinajstić information content (AvgIpc) is 2.74. The first-order valence-electron chi connectivity index (χ1n) is 9.75. The maximum absolute atomic E-state index is 12.6. The van der Waals surface area contributed by atoms with Gasteiger partial charge in [-0.15, -0.1) is 0 Å². The average molecular weight is 409 g/mol. The Balaban J connectivity index is 1.46. The van der Waals surface area contributed by atoms with E-state index in [1.807, 2.05) is 31.2 Å². The van der Waals surface area contributed by atoms with E-state index >= 15 is 0 Å². The van der Waals surface area contributed by atoms with Crippen LogP contribution in [-0.4, -0.2) is 54.5 Å². The van der Waals surface area contributed by atoms with Gasteiger partial charge in [0.1, 0.15) is 6.07 Å². The molecule has 1 aliphatic heterocycles. The van der Waals surface area contributed by atoms with Crippen molar-refractivity contribution in [3.63, 3.8) is 0 Å². The van der Waals surface area contributed by atoms with Crippen molar-refractivity contribution in [2.24, 2.45) is 0 Å². The van der Waals surface area contributed by atoms with Crippen molar-refractivity contribution in [2.75, 3.05) is 38.0 Å². The van der Waals surface area contributed by atoms with Crippen molar-refractivity contribution in [2.45, 2.75) is 13.0 Å². The molecule has 29 heavy (non-hydrogen) atoms. The number of piperazine rings is 1. The minimum Gasteiger partial charge on any atom is -0.325 e. The third-order valence-corrected chi connectivity index (χ3v) is 5.48. The molecule has 2 aromatic rings. The van der Waals surface area contributed by atoms with Crippen molar-refractivity contribution in [3.8, 4) is 6.07 Å². The number of nitriles is 1. The van der Waals surface area contributed by atoms with Crippen molar-refractivity contribution >= 4 is 29.3 Å². The molecule has 5 nitrogen and oxygen atoms in total. The largest absolute Gasteiger partial charge is 0.325 e. The summed E-state index contributed by atoms with van der Waals surface area (Å²) in [5.41, 5.74) is 2.21. The highest BCUT2D eigenvalue weighted by Crippen LogP contribution is 2.20. The van der Waals surface area contributed by atoms with Gasteiger partial charge in [-0.2, -0.15) is 5.26 Å². The predicted octanol–water partition coefficient (Wildman–Crippen LogP) is 3.87. The molecule has 0 spiro atoms. The van der Waals surface area contributed by atoms with Crippen LogP contribution in [0.25, 0.3) is 6.08 Å². The molecule has 0 unspecified atom stereocenters. The van der Waals surface area contributed by atoms with Crippen LogP contribution in [0.15, 0.2) is 54.6 Å². The highest BCUT2D eigenvalue weighted by atomic mass is 35.5. The molecule has 150 valence electrons. The van der Waals surface area contributed by atoms with Gasteiger partial charge in [-0.3, -0.25) is 14.6 Å². The smallest absolute Gasteiger partial charge is 0.241 e. The van der Waals surface area contributed by atoms with Gasteiger partial charge < -0.3 is 5.32 Å². The molecule has 6 heteroatoms. The molecular weight excluding hydrogens is 384 g/mol. The molecular formula is C23H25ClN4O. The summed E-state index contributed by atoms with van der Waals surface area (Å²) in [6, 6.07) is 17.0. The van der Waals surface area contributed by atoms with Crippen LogP contribution in [0.3, 0.4) is 0 Å². The second-order valence-electron chi connectivity index (χ2n) is 7.12. The number of anilines is 1. The fraction of sp³-hybridized carbons (Fsp3) is 0.304. The van der Waals surface area contributed by atoms with Gasteiger partial charge in [0.05, 0.1) is 16.6 Å².